The summed E-state index contributed by atoms with van der Waals surface area (Å²) in [4.78, 5) is 20.4. The normalized spacial score (nSPS) is 17.1. The number of imidazole rings is 1. The van der Waals surface area contributed by atoms with Gasteiger partial charge in [0.05, 0.1) is 6.54 Å². The van der Waals surface area contributed by atoms with Gasteiger partial charge in [-0.1, -0.05) is 6.07 Å². The third-order valence-electron chi connectivity index (χ3n) is 4.97. The van der Waals surface area contributed by atoms with E-state index in [-0.39, 0.29) is 0 Å². The van der Waals surface area contributed by atoms with Gasteiger partial charge in [-0.15, -0.1) is 0 Å². The van der Waals surface area contributed by atoms with Gasteiger partial charge in [-0.05, 0) is 44.4 Å². The molecular formula is C21H27N7. The quantitative estimate of drug-likeness (QED) is 0.710. The zero-order chi connectivity index (χ0) is 19.3. The number of hydrogen-bond donors (Lipinski definition) is 1. The standard InChI is InChI=1S/C21H27N7/c1-16(2)25-19-7-9-24-21(26-19)28-11-4-6-18(15-28)20-23-10-12-27(20)14-17-5-3-8-22-13-17/h3,5,7-10,12-13,16,18H,4,6,11,14-15H2,1-2H3,(H,24,25,26). The van der Waals surface area contributed by atoms with Crippen LogP contribution < -0.4 is 10.2 Å². The molecule has 7 nitrogen and oxygen atoms in total. The summed E-state index contributed by atoms with van der Waals surface area (Å²) in [6.45, 7) is 6.88. The van der Waals surface area contributed by atoms with E-state index in [1.54, 1.807) is 6.20 Å². The maximum Gasteiger partial charge on any atom is 0.227 e. The molecule has 146 valence electrons. The largest absolute Gasteiger partial charge is 0.368 e. The highest BCUT2D eigenvalue weighted by Gasteiger charge is 2.26. The Morgan fingerprint density at radius 2 is 2.11 bits per heavy atom. The second-order valence-electron chi connectivity index (χ2n) is 7.60. The van der Waals surface area contributed by atoms with Crippen molar-refractivity contribution in [3.8, 4) is 0 Å². The van der Waals surface area contributed by atoms with E-state index in [0.29, 0.717) is 12.0 Å². The van der Waals surface area contributed by atoms with Gasteiger partial charge in [0.15, 0.2) is 0 Å². The van der Waals surface area contributed by atoms with E-state index in [9.17, 15) is 0 Å². The van der Waals surface area contributed by atoms with Crippen LogP contribution in [0.15, 0.2) is 49.2 Å². The summed E-state index contributed by atoms with van der Waals surface area (Å²) in [7, 11) is 0. The molecule has 1 unspecified atom stereocenters. The van der Waals surface area contributed by atoms with E-state index in [0.717, 1.165) is 50.1 Å². The fourth-order valence-electron chi connectivity index (χ4n) is 3.75. The van der Waals surface area contributed by atoms with Crippen LogP contribution >= 0.6 is 0 Å². The molecule has 7 heteroatoms. The number of anilines is 2. The predicted octanol–water partition coefficient (Wildman–Crippen LogP) is 3.32. The van der Waals surface area contributed by atoms with E-state index < -0.39 is 0 Å². The zero-order valence-electron chi connectivity index (χ0n) is 16.5. The third-order valence-corrected chi connectivity index (χ3v) is 4.97. The number of hydrogen-bond acceptors (Lipinski definition) is 6. The molecule has 4 rings (SSSR count). The monoisotopic (exact) mass is 377 g/mol. The van der Waals surface area contributed by atoms with Crippen molar-refractivity contribution in [1.29, 1.82) is 0 Å². The lowest BCUT2D eigenvalue weighted by molar-refractivity contribution is 0.471. The van der Waals surface area contributed by atoms with Crippen molar-refractivity contribution < 1.29 is 0 Å². The van der Waals surface area contributed by atoms with Crippen molar-refractivity contribution in [3.63, 3.8) is 0 Å². The van der Waals surface area contributed by atoms with Crippen LogP contribution in [0.5, 0.6) is 0 Å². The molecule has 1 saturated heterocycles. The van der Waals surface area contributed by atoms with Gasteiger partial charge in [-0.25, -0.2) is 9.97 Å². The third kappa shape index (κ3) is 4.30. The Bertz CT molecular complexity index is 891. The van der Waals surface area contributed by atoms with Crippen molar-refractivity contribution in [1.82, 2.24) is 24.5 Å². The summed E-state index contributed by atoms with van der Waals surface area (Å²) in [5, 5.41) is 3.36. The average Bonchev–Trinajstić information content (AvgIpc) is 3.17. The lowest BCUT2D eigenvalue weighted by Crippen LogP contribution is -2.36. The molecule has 1 aliphatic rings. The van der Waals surface area contributed by atoms with Gasteiger partial charge in [0.25, 0.3) is 0 Å². The minimum Gasteiger partial charge on any atom is -0.368 e. The van der Waals surface area contributed by atoms with Gasteiger partial charge < -0.3 is 14.8 Å². The summed E-state index contributed by atoms with van der Waals surface area (Å²) in [5.41, 5.74) is 1.19. The molecule has 0 bridgehead atoms. The highest BCUT2D eigenvalue weighted by molar-refractivity contribution is 5.42. The maximum atomic E-state index is 4.71. The zero-order valence-corrected chi connectivity index (χ0v) is 16.5. The van der Waals surface area contributed by atoms with Crippen molar-refractivity contribution in [2.75, 3.05) is 23.3 Å². The topological polar surface area (TPSA) is 71.8 Å². The molecule has 3 aromatic rings. The van der Waals surface area contributed by atoms with E-state index in [1.165, 1.54) is 5.56 Å². The van der Waals surface area contributed by atoms with Gasteiger partial charge in [-0.2, -0.15) is 4.98 Å². The lowest BCUT2D eigenvalue weighted by atomic mass is 9.97. The molecule has 0 aliphatic carbocycles. The molecule has 1 fully saturated rings. The predicted molar refractivity (Wildman–Crippen MR) is 111 cm³/mol. The van der Waals surface area contributed by atoms with Gasteiger partial charge >= 0.3 is 0 Å². The van der Waals surface area contributed by atoms with E-state index in [1.807, 2.05) is 30.7 Å². The number of pyridine rings is 1. The summed E-state index contributed by atoms with van der Waals surface area (Å²) in [6.07, 6.45) is 11.7. The minimum atomic E-state index is 0.344. The summed E-state index contributed by atoms with van der Waals surface area (Å²) < 4.78 is 2.24. The summed E-state index contributed by atoms with van der Waals surface area (Å²) in [5.74, 6) is 3.16. The number of aromatic nitrogens is 5. The number of piperidine rings is 1. The van der Waals surface area contributed by atoms with Crippen LogP contribution in [0.4, 0.5) is 11.8 Å². The molecule has 1 aliphatic heterocycles. The smallest absolute Gasteiger partial charge is 0.227 e. The molecule has 0 amide bonds. The second-order valence-corrected chi connectivity index (χ2v) is 7.60. The van der Waals surface area contributed by atoms with Crippen molar-refractivity contribution in [2.45, 2.75) is 45.2 Å². The van der Waals surface area contributed by atoms with Crippen LogP contribution in [-0.2, 0) is 6.54 Å². The SMILES string of the molecule is CC(C)Nc1ccnc(N2CCCC(c3nccn3Cc3cccnc3)C2)n1. The average molecular weight is 377 g/mol. The molecule has 3 aromatic heterocycles. The van der Waals surface area contributed by atoms with E-state index in [4.69, 9.17) is 4.98 Å². The molecular weight excluding hydrogens is 350 g/mol. The first-order chi connectivity index (χ1) is 13.7. The van der Waals surface area contributed by atoms with Gasteiger partial charge in [-0.3, -0.25) is 4.98 Å². The molecule has 1 N–H and O–H groups in total. The Hall–Kier alpha value is -2.96. The number of nitrogens with one attached hydrogen (secondary N) is 1. The van der Waals surface area contributed by atoms with Crippen molar-refractivity contribution in [3.05, 3.63) is 60.6 Å². The van der Waals surface area contributed by atoms with Gasteiger partial charge in [0.2, 0.25) is 5.95 Å². The van der Waals surface area contributed by atoms with Crippen LogP contribution in [0, 0.1) is 0 Å². The van der Waals surface area contributed by atoms with Crippen LogP contribution in [0.25, 0.3) is 0 Å². The number of rotatable bonds is 6. The Labute approximate surface area is 165 Å². The van der Waals surface area contributed by atoms with E-state index >= 15 is 0 Å². The highest BCUT2D eigenvalue weighted by Crippen LogP contribution is 2.28. The first kappa shape index (κ1) is 18.4. The lowest BCUT2D eigenvalue weighted by Gasteiger charge is -2.32. The van der Waals surface area contributed by atoms with E-state index in [2.05, 4.69) is 55.8 Å². The number of nitrogens with zero attached hydrogens (tertiary/aromatic N) is 6. The molecule has 1 atom stereocenters. The first-order valence-electron chi connectivity index (χ1n) is 9.93. The van der Waals surface area contributed by atoms with Crippen LogP contribution in [0.1, 0.15) is 44.0 Å². The van der Waals surface area contributed by atoms with Crippen molar-refractivity contribution >= 4 is 11.8 Å². The molecule has 0 radical (unpaired) electrons. The first-order valence-corrected chi connectivity index (χ1v) is 9.93. The van der Waals surface area contributed by atoms with Crippen LogP contribution in [-0.4, -0.2) is 43.6 Å². The maximum absolute atomic E-state index is 4.71. The molecule has 4 heterocycles. The van der Waals surface area contributed by atoms with Gasteiger partial charge in [0, 0.05) is 56.0 Å². The fraction of sp³-hybridized carbons (Fsp3) is 0.429. The fourth-order valence-corrected chi connectivity index (χ4v) is 3.75. The summed E-state index contributed by atoms with van der Waals surface area (Å²) >= 11 is 0. The van der Waals surface area contributed by atoms with Crippen LogP contribution in [0.2, 0.25) is 0 Å². The Balaban J connectivity index is 1.50. The molecule has 28 heavy (non-hydrogen) atoms. The molecule has 0 aromatic carbocycles. The van der Waals surface area contributed by atoms with Crippen molar-refractivity contribution in [2.24, 2.45) is 0 Å². The van der Waals surface area contributed by atoms with Crippen LogP contribution in [0.3, 0.4) is 0 Å². The Morgan fingerprint density at radius 3 is 2.93 bits per heavy atom. The highest BCUT2D eigenvalue weighted by atomic mass is 15.3. The molecule has 0 saturated carbocycles. The van der Waals surface area contributed by atoms with Gasteiger partial charge in [0.1, 0.15) is 11.6 Å². The summed E-state index contributed by atoms with van der Waals surface area (Å²) in [6, 6.07) is 6.34. The Morgan fingerprint density at radius 1 is 1.18 bits per heavy atom. The Kier molecular flexibility index (Phi) is 5.50. The minimum absolute atomic E-state index is 0.344. The molecule has 0 spiro atoms. The second kappa shape index (κ2) is 8.37.